The first-order chi connectivity index (χ1) is 8.56. The van der Waals surface area contributed by atoms with Gasteiger partial charge < -0.3 is 0 Å². The molecule has 0 radical (unpaired) electrons. The van der Waals surface area contributed by atoms with E-state index < -0.39 is 39.2 Å². The van der Waals surface area contributed by atoms with Crippen LogP contribution in [0.1, 0.15) is 18.6 Å². The van der Waals surface area contributed by atoms with Crippen LogP contribution < -0.4 is 21.0 Å². The van der Waals surface area contributed by atoms with Crippen molar-refractivity contribution in [1.82, 2.24) is 0 Å². The number of esters is 1. The first-order valence-corrected chi connectivity index (χ1v) is 8.18. The second-order valence-electron chi connectivity index (χ2n) is 3.30. The predicted octanol–water partition coefficient (Wildman–Crippen LogP) is -1.89. The van der Waals surface area contributed by atoms with Gasteiger partial charge >= 0.3 is 116 Å². The van der Waals surface area contributed by atoms with Crippen LogP contribution in [0.2, 0.25) is 0 Å². The molecule has 0 aromatic heterocycles. The second-order valence-corrected chi connectivity index (χ2v) is 5.18. The van der Waals surface area contributed by atoms with Crippen molar-refractivity contribution in [2.24, 2.45) is 0 Å². The fourth-order valence-corrected chi connectivity index (χ4v) is 2.09. The normalized spacial score (nSPS) is 14.8. The van der Waals surface area contributed by atoms with E-state index in [9.17, 15) is 9.59 Å². The third-order valence-electron chi connectivity index (χ3n) is 1.97. The minimum absolute atomic E-state index is 0.377. The number of aliphatic hydroxyl groups excluding tert-OH is 1. The summed E-state index contributed by atoms with van der Waals surface area (Å²) >= 11 is -1.04. The summed E-state index contributed by atoms with van der Waals surface area (Å²) in [5, 5.41) is 8.73. The molecule has 0 fully saturated rings. The van der Waals surface area contributed by atoms with E-state index >= 15 is 0 Å². The molecular formula is C11H12IO4S-. The molecule has 0 unspecified atom stereocenters. The van der Waals surface area contributed by atoms with Crippen molar-refractivity contribution < 1.29 is 40.4 Å². The first kappa shape index (κ1) is 12.8. The fraction of sp³-hybridized carbons (Fsp3) is 0.273. The molecule has 0 spiro atoms. The maximum atomic E-state index is 11.8. The molecule has 17 heavy (non-hydrogen) atoms. The van der Waals surface area contributed by atoms with Crippen LogP contribution in [-0.2, 0) is 14.3 Å². The van der Waals surface area contributed by atoms with Crippen LogP contribution in [0.5, 0.6) is 0 Å². The van der Waals surface area contributed by atoms with E-state index in [1.807, 2.05) is 0 Å². The predicted molar refractivity (Wildman–Crippen MR) is 60.9 cm³/mol. The number of carbonyl (C=O) groups is 2. The molecule has 94 valence electrons. The van der Waals surface area contributed by atoms with Gasteiger partial charge in [0.25, 0.3) is 0 Å². The van der Waals surface area contributed by atoms with E-state index in [2.05, 4.69) is 0 Å². The molecule has 0 bridgehead atoms. The van der Waals surface area contributed by atoms with Crippen LogP contribution in [0.15, 0.2) is 30.3 Å². The topological polar surface area (TPSA) is 63.6 Å². The Morgan fingerprint density at radius 3 is 2.65 bits per heavy atom. The zero-order chi connectivity index (χ0) is 13.5. The minimum atomic E-state index is -1.28. The molecule has 1 aromatic rings. The third-order valence-corrected chi connectivity index (χ3v) is 3.64. The second kappa shape index (κ2) is 6.97. The van der Waals surface area contributed by atoms with Crippen LogP contribution in [0.4, 0.5) is 0 Å². The Morgan fingerprint density at radius 2 is 2.12 bits per heavy atom. The van der Waals surface area contributed by atoms with E-state index in [-0.39, 0.29) is 5.12 Å². The summed E-state index contributed by atoms with van der Waals surface area (Å²) in [6, 6.07) is 8.58. The molecular weight excluding hydrogens is 355 g/mol. The van der Waals surface area contributed by atoms with Crippen molar-refractivity contribution in [3.05, 3.63) is 35.9 Å². The van der Waals surface area contributed by atoms with Crippen molar-refractivity contribution in [2.45, 2.75) is 19.1 Å². The van der Waals surface area contributed by atoms with E-state index in [0.717, 1.165) is 8.93 Å². The summed E-state index contributed by atoms with van der Waals surface area (Å²) in [5.41, 5.74) is 0.543. The molecule has 4 nitrogen and oxygen atoms in total. The standard InChI is InChI=1S/C11H12IO4S/c1-7(13)10(14)16-9(11(15)17-12)8-5-3-2-4-6-8/h2-7,9,12-13H,1H3/q-1/t7-,9-/m0/s1/i12T. The van der Waals surface area contributed by atoms with Crippen molar-refractivity contribution >= 4 is 20.0 Å². The van der Waals surface area contributed by atoms with Gasteiger partial charge in [0.15, 0.2) is 0 Å². The molecule has 0 aliphatic carbocycles. The van der Waals surface area contributed by atoms with Crippen molar-refractivity contribution in [2.75, 3.05) is 0 Å². The number of ether oxygens (including phenoxy) is 1. The monoisotopic (exact) mass is 369 g/mol. The first-order valence-electron chi connectivity index (χ1n) is 5.20. The van der Waals surface area contributed by atoms with Crippen LogP contribution in [0.3, 0.4) is 0 Å². The summed E-state index contributed by atoms with van der Waals surface area (Å²) in [5.74, 6) is -0.846. The van der Waals surface area contributed by atoms with Crippen LogP contribution in [0.25, 0.3) is 0 Å². The average Bonchev–Trinajstić information content (AvgIpc) is 2.36. The van der Waals surface area contributed by atoms with Gasteiger partial charge in [-0.25, -0.2) is 0 Å². The average molecular weight is 369 g/mol. The van der Waals surface area contributed by atoms with Gasteiger partial charge in [0.05, 0.1) is 0 Å². The molecule has 0 saturated carbocycles. The van der Waals surface area contributed by atoms with Gasteiger partial charge in [-0.2, -0.15) is 0 Å². The van der Waals surface area contributed by atoms with Crippen LogP contribution >= 0.6 is 8.93 Å². The molecule has 1 rings (SSSR count). The van der Waals surface area contributed by atoms with Gasteiger partial charge in [-0.1, -0.05) is 0 Å². The summed E-state index contributed by atoms with van der Waals surface area (Å²) in [6.45, 7) is 1.28. The van der Waals surface area contributed by atoms with Gasteiger partial charge in [-0.05, 0) is 0 Å². The molecule has 1 N–H and O–H groups in total. The summed E-state index contributed by atoms with van der Waals surface area (Å²) in [4.78, 5) is 23.2. The molecule has 2 atom stereocenters. The molecule has 0 saturated heterocycles. The SMILES string of the molecule is [3H][I-]SC(=O)[C@@H](OC(=O)[C@H](C)O)c1ccccc1. The maximum absolute atomic E-state index is 11.8. The Kier molecular flexibility index (Phi) is 5.27. The van der Waals surface area contributed by atoms with Crippen molar-refractivity contribution in [3.8, 4) is 0 Å². The Hall–Kier alpha value is -0.600. The number of hydrogen-bond acceptors (Lipinski definition) is 5. The molecule has 1 aromatic carbocycles. The van der Waals surface area contributed by atoms with Gasteiger partial charge in [-0.3, -0.25) is 0 Å². The van der Waals surface area contributed by atoms with E-state index in [1.165, 1.54) is 6.92 Å². The van der Waals surface area contributed by atoms with E-state index in [4.69, 9.17) is 10.4 Å². The zero-order valence-electron chi connectivity index (χ0n) is 10.00. The molecule has 0 amide bonds. The van der Waals surface area contributed by atoms with Crippen molar-refractivity contribution in [3.63, 3.8) is 0 Å². The number of rotatable bonds is 5. The Labute approximate surface area is 116 Å². The summed E-state index contributed by atoms with van der Waals surface area (Å²) < 4.78 is 12.1. The van der Waals surface area contributed by atoms with Gasteiger partial charge in [-0.15, -0.1) is 0 Å². The van der Waals surface area contributed by atoms with Crippen LogP contribution in [-0.4, -0.2) is 22.9 Å². The number of carbonyl (C=O) groups excluding carboxylic acids is 2. The van der Waals surface area contributed by atoms with Crippen LogP contribution in [0, 0.1) is 0 Å². The molecule has 0 aliphatic rings. The van der Waals surface area contributed by atoms with Gasteiger partial charge in [0, 0.05) is 0 Å². The number of aliphatic hydroxyl groups is 1. The van der Waals surface area contributed by atoms with E-state index in [1.54, 1.807) is 30.3 Å². The number of halogens is 1. The van der Waals surface area contributed by atoms with Gasteiger partial charge in [0.2, 0.25) is 0 Å². The molecule has 6 heteroatoms. The Balaban J connectivity index is 2.89. The summed E-state index contributed by atoms with van der Waals surface area (Å²) in [6.07, 6.45) is -2.33. The molecule has 0 aliphatic heterocycles. The zero-order valence-corrected chi connectivity index (χ0v) is 12.0. The number of benzene rings is 1. The van der Waals surface area contributed by atoms with E-state index in [0.29, 0.717) is 5.56 Å². The third kappa shape index (κ3) is 4.29. The fourth-order valence-electron chi connectivity index (χ4n) is 1.14. The quantitative estimate of drug-likeness (QED) is 0.486. The number of hydrogen-bond donors (Lipinski definition) is 1. The van der Waals surface area contributed by atoms with Crippen molar-refractivity contribution in [1.29, 1.82) is 0.594 Å². The van der Waals surface area contributed by atoms with Gasteiger partial charge in [0.1, 0.15) is 0 Å². The Bertz CT molecular complexity index is 413. The molecule has 0 heterocycles. The summed E-state index contributed by atoms with van der Waals surface area (Å²) in [7, 11) is 0.867. The Morgan fingerprint density at radius 1 is 1.47 bits per heavy atom.